The van der Waals surface area contributed by atoms with E-state index in [0.29, 0.717) is 6.54 Å². The number of ether oxygens (including phenoxy) is 2. The molecule has 1 N–H and O–H groups in total. The quantitative estimate of drug-likeness (QED) is 0.917. The third-order valence-electron chi connectivity index (χ3n) is 3.17. The van der Waals surface area contributed by atoms with Crippen molar-refractivity contribution in [3.63, 3.8) is 0 Å². The Kier molecular flexibility index (Phi) is 4.40. The van der Waals surface area contributed by atoms with Gasteiger partial charge >= 0.3 is 0 Å². The van der Waals surface area contributed by atoms with E-state index in [4.69, 9.17) is 9.47 Å². The predicted molar refractivity (Wildman–Crippen MR) is 84.1 cm³/mol. The molecule has 21 heavy (non-hydrogen) atoms. The van der Waals surface area contributed by atoms with Gasteiger partial charge in [-0.15, -0.1) is 0 Å². The summed E-state index contributed by atoms with van der Waals surface area (Å²) in [6.45, 7) is 7.09. The van der Waals surface area contributed by atoms with Gasteiger partial charge in [0.25, 0.3) is 0 Å². The van der Waals surface area contributed by atoms with Crippen molar-refractivity contribution >= 4 is 5.69 Å². The molecule has 0 aliphatic heterocycles. The average Bonchev–Trinajstić information content (AvgIpc) is 2.93. The van der Waals surface area contributed by atoms with Crippen LogP contribution in [0.4, 0.5) is 5.69 Å². The van der Waals surface area contributed by atoms with Gasteiger partial charge in [0.05, 0.1) is 26.0 Å². The second kappa shape index (κ2) is 6.08. The van der Waals surface area contributed by atoms with Gasteiger partial charge < -0.3 is 14.8 Å². The first kappa shape index (κ1) is 15.2. The average molecular weight is 289 g/mol. The number of rotatable bonds is 5. The fraction of sp³-hybridized carbons (Fsp3) is 0.438. The van der Waals surface area contributed by atoms with Gasteiger partial charge in [-0.25, -0.2) is 0 Å². The number of nitrogens with zero attached hydrogens (tertiary/aromatic N) is 2. The normalized spacial score (nSPS) is 11.3. The molecule has 0 bridgehead atoms. The first-order chi connectivity index (χ1) is 9.92. The maximum absolute atomic E-state index is 5.26. The molecule has 114 valence electrons. The van der Waals surface area contributed by atoms with Crippen molar-refractivity contribution < 1.29 is 9.47 Å². The Bertz CT molecular complexity index is 578. The molecule has 0 amide bonds. The molecule has 0 radical (unpaired) electrons. The number of nitrogens with one attached hydrogen (secondary N) is 1. The summed E-state index contributed by atoms with van der Waals surface area (Å²) < 4.78 is 12.5. The zero-order chi connectivity index (χ0) is 15.5. The van der Waals surface area contributed by atoms with Crippen LogP contribution in [0.5, 0.6) is 11.5 Å². The molecule has 0 saturated carbocycles. The lowest BCUT2D eigenvalue weighted by atomic mass is 10.1. The molecule has 2 rings (SSSR count). The minimum absolute atomic E-state index is 0.00254. The summed E-state index contributed by atoms with van der Waals surface area (Å²) in [6.07, 6.45) is 3.94. The highest BCUT2D eigenvalue weighted by Gasteiger charge is 2.13. The topological polar surface area (TPSA) is 48.3 Å². The van der Waals surface area contributed by atoms with Crippen LogP contribution >= 0.6 is 0 Å². The van der Waals surface area contributed by atoms with Crippen molar-refractivity contribution in [2.45, 2.75) is 32.9 Å². The van der Waals surface area contributed by atoms with E-state index in [1.165, 1.54) is 0 Å². The monoisotopic (exact) mass is 289 g/mol. The Morgan fingerprint density at radius 1 is 1.10 bits per heavy atom. The molecule has 0 aliphatic rings. The molecule has 1 heterocycles. The predicted octanol–water partition coefficient (Wildman–Crippen LogP) is 3.27. The molecule has 0 aliphatic carbocycles. The van der Waals surface area contributed by atoms with Gasteiger partial charge in [-0.05, 0) is 20.8 Å². The van der Waals surface area contributed by atoms with Gasteiger partial charge in [0.2, 0.25) is 0 Å². The summed E-state index contributed by atoms with van der Waals surface area (Å²) in [4.78, 5) is 0. The van der Waals surface area contributed by atoms with Crippen molar-refractivity contribution in [2.75, 3.05) is 19.5 Å². The standard InChI is InChI=1S/C16H23N3O2/c1-16(2,3)19-11-12(10-18-19)9-17-13-6-14(20-4)8-15(7-13)21-5/h6-8,10-11,17H,9H2,1-5H3. The van der Waals surface area contributed by atoms with Crippen LogP contribution in [0.3, 0.4) is 0 Å². The number of aromatic nitrogens is 2. The molecule has 0 spiro atoms. The van der Waals surface area contributed by atoms with Gasteiger partial charge in [0, 0.05) is 42.2 Å². The highest BCUT2D eigenvalue weighted by Crippen LogP contribution is 2.26. The Morgan fingerprint density at radius 3 is 2.19 bits per heavy atom. The SMILES string of the molecule is COc1cc(NCc2cnn(C(C)(C)C)c2)cc(OC)c1. The maximum Gasteiger partial charge on any atom is 0.124 e. The summed E-state index contributed by atoms with van der Waals surface area (Å²) >= 11 is 0. The third-order valence-corrected chi connectivity index (χ3v) is 3.17. The highest BCUT2D eigenvalue weighted by molar-refractivity contribution is 5.53. The molecule has 0 saturated heterocycles. The lowest BCUT2D eigenvalue weighted by Gasteiger charge is -2.18. The number of hydrogen-bond acceptors (Lipinski definition) is 4. The highest BCUT2D eigenvalue weighted by atomic mass is 16.5. The smallest absolute Gasteiger partial charge is 0.124 e. The molecule has 0 unspecified atom stereocenters. The molecule has 0 atom stereocenters. The molecule has 5 heteroatoms. The minimum atomic E-state index is -0.00254. The second-order valence-electron chi connectivity index (χ2n) is 5.92. The number of anilines is 1. The van der Waals surface area contributed by atoms with Gasteiger partial charge in [-0.2, -0.15) is 5.10 Å². The fourth-order valence-corrected chi connectivity index (χ4v) is 1.93. The van der Waals surface area contributed by atoms with Crippen LogP contribution in [0.25, 0.3) is 0 Å². The van der Waals surface area contributed by atoms with Crippen LogP contribution in [0.2, 0.25) is 0 Å². The lowest BCUT2D eigenvalue weighted by molar-refractivity contribution is 0.355. The van der Waals surface area contributed by atoms with Crippen molar-refractivity contribution in [3.8, 4) is 11.5 Å². The van der Waals surface area contributed by atoms with E-state index in [1.54, 1.807) is 14.2 Å². The van der Waals surface area contributed by atoms with Crippen LogP contribution < -0.4 is 14.8 Å². The largest absolute Gasteiger partial charge is 0.497 e. The summed E-state index contributed by atoms with van der Waals surface area (Å²) in [5.41, 5.74) is 2.08. The Hall–Kier alpha value is -2.17. The van der Waals surface area contributed by atoms with Crippen molar-refractivity contribution in [1.29, 1.82) is 0 Å². The van der Waals surface area contributed by atoms with E-state index >= 15 is 0 Å². The Morgan fingerprint density at radius 2 is 1.71 bits per heavy atom. The first-order valence-electron chi connectivity index (χ1n) is 6.93. The number of hydrogen-bond donors (Lipinski definition) is 1. The van der Waals surface area contributed by atoms with Gasteiger partial charge in [-0.1, -0.05) is 0 Å². The molecular formula is C16H23N3O2. The molecule has 5 nitrogen and oxygen atoms in total. The molecule has 0 fully saturated rings. The van der Waals surface area contributed by atoms with E-state index in [1.807, 2.05) is 29.1 Å². The zero-order valence-electron chi connectivity index (χ0n) is 13.3. The van der Waals surface area contributed by atoms with E-state index < -0.39 is 0 Å². The summed E-state index contributed by atoms with van der Waals surface area (Å²) in [5, 5.41) is 7.76. The third kappa shape index (κ3) is 3.90. The van der Waals surface area contributed by atoms with Crippen molar-refractivity contribution in [2.24, 2.45) is 0 Å². The summed E-state index contributed by atoms with van der Waals surface area (Å²) in [6, 6.07) is 5.73. The Labute approximate surface area is 125 Å². The summed E-state index contributed by atoms with van der Waals surface area (Å²) in [7, 11) is 3.29. The molecule has 1 aromatic heterocycles. The van der Waals surface area contributed by atoms with Crippen molar-refractivity contribution in [3.05, 3.63) is 36.2 Å². The van der Waals surface area contributed by atoms with Crippen molar-refractivity contribution in [1.82, 2.24) is 9.78 Å². The summed E-state index contributed by atoms with van der Waals surface area (Å²) in [5.74, 6) is 1.53. The Balaban J connectivity index is 2.07. The minimum Gasteiger partial charge on any atom is -0.497 e. The number of methoxy groups -OCH3 is 2. The van der Waals surface area contributed by atoms with Gasteiger partial charge in [0.15, 0.2) is 0 Å². The second-order valence-corrected chi connectivity index (χ2v) is 5.92. The molecule has 2 aromatic rings. The van der Waals surface area contributed by atoms with Gasteiger partial charge in [0.1, 0.15) is 11.5 Å². The van der Waals surface area contributed by atoms with E-state index in [2.05, 4.69) is 37.4 Å². The first-order valence-corrected chi connectivity index (χ1v) is 6.93. The van der Waals surface area contributed by atoms with E-state index in [-0.39, 0.29) is 5.54 Å². The van der Waals surface area contributed by atoms with E-state index in [9.17, 15) is 0 Å². The van der Waals surface area contributed by atoms with Crippen LogP contribution in [0, 0.1) is 0 Å². The van der Waals surface area contributed by atoms with Crippen LogP contribution in [-0.2, 0) is 12.1 Å². The van der Waals surface area contributed by atoms with E-state index in [0.717, 1.165) is 22.7 Å². The zero-order valence-corrected chi connectivity index (χ0v) is 13.3. The molecular weight excluding hydrogens is 266 g/mol. The lowest BCUT2D eigenvalue weighted by Crippen LogP contribution is -2.21. The molecule has 1 aromatic carbocycles. The van der Waals surface area contributed by atoms with Crippen LogP contribution in [-0.4, -0.2) is 24.0 Å². The fourth-order valence-electron chi connectivity index (χ4n) is 1.93. The number of benzene rings is 1. The maximum atomic E-state index is 5.26. The van der Waals surface area contributed by atoms with Crippen LogP contribution in [0.15, 0.2) is 30.6 Å². The van der Waals surface area contributed by atoms with Crippen LogP contribution in [0.1, 0.15) is 26.3 Å². The van der Waals surface area contributed by atoms with Gasteiger partial charge in [-0.3, -0.25) is 4.68 Å².